The molecule has 0 saturated heterocycles. The van der Waals surface area contributed by atoms with Crippen molar-refractivity contribution < 1.29 is 4.79 Å². The van der Waals surface area contributed by atoms with Crippen LogP contribution in [0.15, 0.2) is 42.5 Å². The van der Waals surface area contributed by atoms with Crippen molar-refractivity contribution in [2.24, 2.45) is 0 Å². The highest BCUT2D eigenvalue weighted by atomic mass is 35.5. The lowest BCUT2D eigenvalue weighted by molar-refractivity contribution is 0.0734. The molecule has 3 aromatic rings. The minimum Gasteiger partial charge on any atom is -0.358 e. The van der Waals surface area contributed by atoms with Crippen molar-refractivity contribution in [3.8, 4) is 0 Å². The highest BCUT2D eigenvalue weighted by Crippen LogP contribution is 2.30. The Morgan fingerprint density at radius 3 is 2.87 bits per heavy atom. The lowest BCUT2D eigenvalue weighted by atomic mass is 10.0. The molecule has 0 atom stereocenters. The standard InChI is InChI=1S/C19H17ClN2O/c1-12-4-2-3-5-14(12)19(23)22-9-8-17-16(11-22)15-7-6-13(20)10-18(15)21-17/h2-7,10,21H,8-9,11H2,1H3. The number of aromatic nitrogens is 1. The first-order valence-corrected chi connectivity index (χ1v) is 8.15. The lowest BCUT2D eigenvalue weighted by Gasteiger charge is -2.28. The van der Waals surface area contributed by atoms with Gasteiger partial charge in [-0.15, -0.1) is 0 Å². The van der Waals surface area contributed by atoms with Crippen LogP contribution in [0.25, 0.3) is 10.9 Å². The zero-order valence-corrected chi connectivity index (χ0v) is 13.7. The number of halogens is 1. The molecular weight excluding hydrogens is 308 g/mol. The van der Waals surface area contributed by atoms with Crippen molar-refractivity contribution in [1.29, 1.82) is 0 Å². The number of benzene rings is 2. The predicted molar refractivity (Wildman–Crippen MR) is 92.9 cm³/mol. The van der Waals surface area contributed by atoms with E-state index in [1.165, 1.54) is 11.3 Å². The van der Waals surface area contributed by atoms with Gasteiger partial charge in [0.05, 0.1) is 0 Å². The van der Waals surface area contributed by atoms with E-state index < -0.39 is 0 Å². The zero-order chi connectivity index (χ0) is 16.0. The van der Waals surface area contributed by atoms with Crippen LogP contribution >= 0.6 is 11.6 Å². The summed E-state index contributed by atoms with van der Waals surface area (Å²) in [5, 5.41) is 1.88. The van der Waals surface area contributed by atoms with E-state index in [4.69, 9.17) is 11.6 Å². The molecule has 4 heteroatoms. The summed E-state index contributed by atoms with van der Waals surface area (Å²) in [7, 11) is 0. The first-order valence-electron chi connectivity index (χ1n) is 7.77. The summed E-state index contributed by atoms with van der Waals surface area (Å²) in [5.74, 6) is 0.108. The summed E-state index contributed by atoms with van der Waals surface area (Å²) in [6.07, 6.45) is 0.846. The Bertz CT molecular complexity index is 913. The molecule has 0 bridgehead atoms. The topological polar surface area (TPSA) is 36.1 Å². The maximum absolute atomic E-state index is 12.8. The van der Waals surface area contributed by atoms with Crippen molar-refractivity contribution in [3.05, 3.63) is 69.9 Å². The minimum atomic E-state index is 0.108. The van der Waals surface area contributed by atoms with Gasteiger partial charge in [-0.05, 0) is 30.7 Å². The number of rotatable bonds is 1. The Hall–Kier alpha value is -2.26. The summed E-state index contributed by atoms with van der Waals surface area (Å²) in [6, 6.07) is 13.7. The van der Waals surface area contributed by atoms with Crippen LogP contribution in [-0.2, 0) is 13.0 Å². The number of nitrogens with zero attached hydrogens (tertiary/aromatic N) is 1. The second kappa shape index (κ2) is 5.43. The van der Waals surface area contributed by atoms with Gasteiger partial charge in [-0.3, -0.25) is 4.79 Å². The summed E-state index contributed by atoms with van der Waals surface area (Å²) in [4.78, 5) is 18.2. The van der Waals surface area contributed by atoms with Gasteiger partial charge in [-0.25, -0.2) is 0 Å². The Morgan fingerprint density at radius 1 is 1.22 bits per heavy atom. The normalized spacial score (nSPS) is 14.1. The predicted octanol–water partition coefficient (Wildman–Crippen LogP) is 4.33. The number of H-pyrrole nitrogens is 1. The number of aromatic amines is 1. The van der Waals surface area contributed by atoms with E-state index in [-0.39, 0.29) is 5.91 Å². The largest absolute Gasteiger partial charge is 0.358 e. The quantitative estimate of drug-likeness (QED) is 0.710. The van der Waals surface area contributed by atoms with Gasteiger partial charge >= 0.3 is 0 Å². The molecule has 1 N–H and O–H groups in total. The van der Waals surface area contributed by atoms with Gasteiger partial charge in [-0.1, -0.05) is 35.9 Å². The van der Waals surface area contributed by atoms with Gasteiger partial charge in [0, 0.05) is 52.3 Å². The first-order chi connectivity index (χ1) is 11.1. The molecule has 2 aromatic carbocycles. The van der Waals surface area contributed by atoms with E-state index in [1.807, 2.05) is 54.3 Å². The number of aryl methyl sites for hydroxylation is 1. The second-order valence-electron chi connectivity index (χ2n) is 6.06. The van der Waals surface area contributed by atoms with Crippen LogP contribution < -0.4 is 0 Å². The summed E-state index contributed by atoms with van der Waals surface area (Å²) in [6.45, 7) is 3.36. The van der Waals surface area contributed by atoms with Crippen molar-refractivity contribution in [1.82, 2.24) is 9.88 Å². The molecule has 1 aliphatic heterocycles. The monoisotopic (exact) mass is 324 g/mol. The third kappa shape index (κ3) is 2.41. The summed E-state index contributed by atoms with van der Waals surface area (Å²) >= 11 is 6.07. The highest BCUT2D eigenvalue weighted by molar-refractivity contribution is 6.31. The van der Waals surface area contributed by atoms with E-state index in [9.17, 15) is 4.79 Å². The fourth-order valence-corrected chi connectivity index (χ4v) is 3.52. The minimum absolute atomic E-state index is 0.108. The van der Waals surface area contributed by atoms with Gasteiger partial charge < -0.3 is 9.88 Å². The van der Waals surface area contributed by atoms with Crippen LogP contribution in [0.4, 0.5) is 0 Å². The van der Waals surface area contributed by atoms with Crippen molar-refractivity contribution in [2.45, 2.75) is 19.9 Å². The maximum atomic E-state index is 12.8. The molecule has 0 unspecified atom stereocenters. The number of fused-ring (bicyclic) bond motifs is 3. The molecule has 1 amide bonds. The number of hydrogen-bond donors (Lipinski definition) is 1. The van der Waals surface area contributed by atoms with Crippen LogP contribution in [0.3, 0.4) is 0 Å². The van der Waals surface area contributed by atoms with Crippen LogP contribution in [0, 0.1) is 6.92 Å². The molecule has 1 aliphatic rings. The SMILES string of the molecule is Cc1ccccc1C(=O)N1CCc2[nH]c3cc(Cl)ccc3c2C1. The van der Waals surface area contributed by atoms with Crippen LogP contribution in [0.2, 0.25) is 5.02 Å². The van der Waals surface area contributed by atoms with Gasteiger partial charge in [0.15, 0.2) is 0 Å². The summed E-state index contributed by atoms with van der Waals surface area (Å²) < 4.78 is 0. The Morgan fingerprint density at radius 2 is 2.04 bits per heavy atom. The van der Waals surface area contributed by atoms with E-state index in [1.54, 1.807) is 0 Å². The van der Waals surface area contributed by atoms with Crippen molar-refractivity contribution in [2.75, 3.05) is 6.54 Å². The van der Waals surface area contributed by atoms with Crippen LogP contribution in [0.1, 0.15) is 27.2 Å². The Labute approximate surface area is 139 Å². The molecule has 0 fully saturated rings. The molecule has 0 saturated carbocycles. The fraction of sp³-hybridized carbons (Fsp3) is 0.211. The molecular formula is C19H17ClN2O. The van der Waals surface area contributed by atoms with Gasteiger partial charge in [-0.2, -0.15) is 0 Å². The van der Waals surface area contributed by atoms with Crippen molar-refractivity contribution in [3.63, 3.8) is 0 Å². The average Bonchev–Trinajstić information content (AvgIpc) is 2.91. The number of carbonyl (C=O) groups excluding carboxylic acids is 1. The number of carbonyl (C=O) groups is 1. The Balaban J connectivity index is 1.70. The zero-order valence-electron chi connectivity index (χ0n) is 12.9. The average molecular weight is 325 g/mol. The van der Waals surface area contributed by atoms with E-state index in [2.05, 4.69) is 4.98 Å². The number of nitrogens with one attached hydrogen (secondary N) is 1. The van der Waals surface area contributed by atoms with E-state index in [0.717, 1.165) is 40.0 Å². The summed E-state index contributed by atoms with van der Waals surface area (Å²) in [5.41, 5.74) is 5.29. The molecule has 4 rings (SSSR count). The third-order valence-corrected chi connectivity index (χ3v) is 4.84. The van der Waals surface area contributed by atoms with Crippen LogP contribution in [0.5, 0.6) is 0 Å². The molecule has 3 nitrogen and oxygen atoms in total. The van der Waals surface area contributed by atoms with Gasteiger partial charge in [0.2, 0.25) is 0 Å². The third-order valence-electron chi connectivity index (χ3n) is 4.60. The maximum Gasteiger partial charge on any atom is 0.254 e. The number of hydrogen-bond acceptors (Lipinski definition) is 1. The van der Waals surface area contributed by atoms with E-state index >= 15 is 0 Å². The smallest absolute Gasteiger partial charge is 0.254 e. The van der Waals surface area contributed by atoms with E-state index in [0.29, 0.717) is 6.54 Å². The molecule has 23 heavy (non-hydrogen) atoms. The van der Waals surface area contributed by atoms with Crippen LogP contribution in [-0.4, -0.2) is 22.3 Å². The first kappa shape index (κ1) is 14.3. The molecule has 0 radical (unpaired) electrons. The lowest BCUT2D eigenvalue weighted by Crippen LogP contribution is -2.36. The Kier molecular flexibility index (Phi) is 3.38. The van der Waals surface area contributed by atoms with Crippen molar-refractivity contribution >= 4 is 28.4 Å². The molecule has 2 heterocycles. The fourth-order valence-electron chi connectivity index (χ4n) is 3.35. The molecule has 0 spiro atoms. The van der Waals surface area contributed by atoms with Gasteiger partial charge in [0.1, 0.15) is 0 Å². The van der Waals surface area contributed by atoms with Gasteiger partial charge in [0.25, 0.3) is 5.91 Å². The molecule has 116 valence electrons. The second-order valence-corrected chi connectivity index (χ2v) is 6.50. The number of amides is 1. The molecule has 0 aliphatic carbocycles. The molecule has 1 aromatic heterocycles. The highest BCUT2D eigenvalue weighted by Gasteiger charge is 2.25.